The van der Waals surface area contributed by atoms with Crippen molar-refractivity contribution in [2.75, 3.05) is 34.4 Å². The molecular weight excluding hydrogens is 276 g/mol. The standard InChI is InChI=1S/C15H25ClN2O2/c1-11(2)17-10-12-8-13(16)9-14(19-5)15(12)20-7-6-18(3)4/h8-9,11,17H,6-7,10H2,1-5H3. The highest BCUT2D eigenvalue weighted by Gasteiger charge is 2.13. The van der Waals surface area contributed by atoms with Crippen LogP contribution in [0.5, 0.6) is 11.5 Å². The number of nitrogens with one attached hydrogen (secondary N) is 1. The van der Waals surface area contributed by atoms with E-state index in [0.717, 1.165) is 17.9 Å². The fraction of sp³-hybridized carbons (Fsp3) is 0.600. The second kappa shape index (κ2) is 8.35. The van der Waals surface area contributed by atoms with Crippen molar-refractivity contribution in [2.24, 2.45) is 0 Å². The maximum atomic E-state index is 6.13. The molecule has 114 valence electrons. The van der Waals surface area contributed by atoms with Crippen LogP contribution in [0.3, 0.4) is 0 Å². The molecule has 0 aromatic heterocycles. The smallest absolute Gasteiger partial charge is 0.165 e. The monoisotopic (exact) mass is 300 g/mol. The van der Waals surface area contributed by atoms with E-state index in [0.29, 0.717) is 30.0 Å². The Labute approximate surface area is 127 Å². The Morgan fingerprint density at radius 1 is 1.30 bits per heavy atom. The molecule has 0 unspecified atom stereocenters. The highest BCUT2D eigenvalue weighted by Crippen LogP contribution is 2.34. The van der Waals surface area contributed by atoms with Crippen LogP contribution >= 0.6 is 11.6 Å². The van der Waals surface area contributed by atoms with E-state index in [1.807, 2.05) is 20.2 Å². The topological polar surface area (TPSA) is 33.7 Å². The SMILES string of the molecule is COc1cc(Cl)cc(CNC(C)C)c1OCCN(C)C. The molecule has 1 aromatic rings. The molecule has 0 saturated heterocycles. The largest absolute Gasteiger partial charge is 0.493 e. The Morgan fingerprint density at radius 3 is 2.55 bits per heavy atom. The van der Waals surface area contributed by atoms with E-state index in [1.165, 1.54) is 0 Å². The lowest BCUT2D eigenvalue weighted by Gasteiger charge is -2.18. The molecule has 0 aliphatic heterocycles. The van der Waals surface area contributed by atoms with E-state index < -0.39 is 0 Å². The van der Waals surface area contributed by atoms with Gasteiger partial charge in [-0.2, -0.15) is 0 Å². The van der Waals surface area contributed by atoms with Gasteiger partial charge in [0.1, 0.15) is 6.61 Å². The molecule has 0 aliphatic carbocycles. The van der Waals surface area contributed by atoms with Crippen LogP contribution < -0.4 is 14.8 Å². The third-order valence-electron chi connectivity index (χ3n) is 2.80. The number of hydrogen-bond acceptors (Lipinski definition) is 4. The molecule has 0 saturated carbocycles. The molecule has 0 amide bonds. The highest BCUT2D eigenvalue weighted by molar-refractivity contribution is 6.30. The summed E-state index contributed by atoms with van der Waals surface area (Å²) in [6.07, 6.45) is 0. The number of rotatable bonds is 8. The van der Waals surface area contributed by atoms with E-state index in [4.69, 9.17) is 21.1 Å². The van der Waals surface area contributed by atoms with Crippen LogP contribution in [0.4, 0.5) is 0 Å². The second-order valence-electron chi connectivity index (χ2n) is 5.28. The van der Waals surface area contributed by atoms with Crippen LogP contribution in [0, 0.1) is 0 Å². The first-order valence-electron chi connectivity index (χ1n) is 6.81. The average molecular weight is 301 g/mol. The van der Waals surface area contributed by atoms with Gasteiger partial charge in [-0.3, -0.25) is 0 Å². The summed E-state index contributed by atoms with van der Waals surface area (Å²) in [7, 11) is 5.66. The summed E-state index contributed by atoms with van der Waals surface area (Å²) in [4.78, 5) is 2.08. The minimum atomic E-state index is 0.398. The van der Waals surface area contributed by atoms with Gasteiger partial charge in [-0.1, -0.05) is 25.4 Å². The second-order valence-corrected chi connectivity index (χ2v) is 5.72. The minimum Gasteiger partial charge on any atom is -0.493 e. The number of hydrogen-bond donors (Lipinski definition) is 1. The van der Waals surface area contributed by atoms with Crippen LogP contribution in [0.2, 0.25) is 5.02 Å². The van der Waals surface area contributed by atoms with E-state index in [2.05, 4.69) is 24.1 Å². The van der Waals surface area contributed by atoms with Crippen LogP contribution in [-0.4, -0.2) is 45.3 Å². The summed E-state index contributed by atoms with van der Waals surface area (Å²) in [6.45, 7) is 6.37. The lowest BCUT2D eigenvalue weighted by Crippen LogP contribution is -2.23. The lowest BCUT2D eigenvalue weighted by molar-refractivity contribution is 0.248. The van der Waals surface area contributed by atoms with Gasteiger partial charge in [0.25, 0.3) is 0 Å². The summed E-state index contributed by atoms with van der Waals surface area (Å²) >= 11 is 6.13. The summed E-state index contributed by atoms with van der Waals surface area (Å²) in [6, 6.07) is 4.10. The Balaban J connectivity index is 2.90. The number of halogens is 1. The van der Waals surface area contributed by atoms with E-state index in [-0.39, 0.29) is 0 Å². The van der Waals surface area contributed by atoms with Crippen LogP contribution in [0.15, 0.2) is 12.1 Å². The van der Waals surface area contributed by atoms with E-state index >= 15 is 0 Å². The summed E-state index contributed by atoms with van der Waals surface area (Å²) in [5, 5.41) is 4.03. The van der Waals surface area contributed by atoms with Crippen molar-refractivity contribution in [2.45, 2.75) is 26.4 Å². The molecule has 1 aromatic carbocycles. The molecular formula is C15H25ClN2O2. The van der Waals surface area contributed by atoms with Crippen molar-refractivity contribution in [1.29, 1.82) is 0 Å². The molecule has 5 heteroatoms. The van der Waals surface area contributed by atoms with Crippen LogP contribution in [-0.2, 0) is 6.54 Å². The third kappa shape index (κ3) is 5.57. The van der Waals surface area contributed by atoms with Crippen molar-refractivity contribution in [1.82, 2.24) is 10.2 Å². The average Bonchev–Trinajstić information content (AvgIpc) is 2.37. The molecule has 0 fully saturated rings. The normalized spacial score (nSPS) is 11.2. The molecule has 0 atom stereocenters. The summed E-state index contributed by atoms with van der Waals surface area (Å²) in [5.41, 5.74) is 1.02. The fourth-order valence-electron chi connectivity index (χ4n) is 1.71. The minimum absolute atomic E-state index is 0.398. The number of likely N-dealkylation sites (N-methyl/N-ethyl adjacent to an activating group) is 1. The molecule has 1 N–H and O–H groups in total. The van der Waals surface area contributed by atoms with Crippen LogP contribution in [0.25, 0.3) is 0 Å². The zero-order valence-corrected chi connectivity index (χ0v) is 13.8. The van der Waals surface area contributed by atoms with Crippen molar-refractivity contribution in [3.8, 4) is 11.5 Å². The lowest BCUT2D eigenvalue weighted by atomic mass is 10.1. The number of ether oxygens (including phenoxy) is 2. The van der Waals surface area contributed by atoms with Gasteiger partial charge in [0.15, 0.2) is 11.5 Å². The van der Waals surface area contributed by atoms with Gasteiger partial charge in [0.2, 0.25) is 0 Å². The molecule has 0 heterocycles. The predicted molar refractivity (Wildman–Crippen MR) is 84.0 cm³/mol. The van der Waals surface area contributed by atoms with Crippen LogP contribution in [0.1, 0.15) is 19.4 Å². The Kier molecular flexibility index (Phi) is 7.13. The fourth-order valence-corrected chi connectivity index (χ4v) is 1.94. The number of nitrogens with zero attached hydrogens (tertiary/aromatic N) is 1. The summed E-state index contributed by atoms with van der Waals surface area (Å²) in [5.74, 6) is 1.45. The number of benzene rings is 1. The molecule has 1 rings (SSSR count). The van der Waals surface area contributed by atoms with Gasteiger partial charge in [0, 0.05) is 35.8 Å². The highest BCUT2D eigenvalue weighted by atomic mass is 35.5. The molecule has 4 nitrogen and oxygen atoms in total. The Morgan fingerprint density at radius 2 is 2.00 bits per heavy atom. The summed E-state index contributed by atoms with van der Waals surface area (Å²) < 4.78 is 11.3. The zero-order valence-electron chi connectivity index (χ0n) is 13.0. The van der Waals surface area contributed by atoms with Gasteiger partial charge < -0.3 is 19.7 Å². The Hall–Kier alpha value is -0.970. The van der Waals surface area contributed by atoms with Gasteiger partial charge >= 0.3 is 0 Å². The van der Waals surface area contributed by atoms with Gasteiger partial charge in [0.05, 0.1) is 7.11 Å². The van der Waals surface area contributed by atoms with Crippen molar-refractivity contribution < 1.29 is 9.47 Å². The predicted octanol–water partition coefficient (Wildman–Crippen LogP) is 2.79. The molecule has 0 spiro atoms. The van der Waals surface area contributed by atoms with Crippen molar-refractivity contribution in [3.05, 3.63) is 22.7 Å². The Bertz CT molecular complexity index is 423. The van der Waals surface area contributed by atoms with E-state index in [1.54, 1.807) is 13.2 Å². The molecule has 0 bridgehead atoms. The first-order chi connectivity index (χ1) is 9.43. The van der Waals surface area contributed by atoms with Crippen molar-refractivity contribution >= 4 is 11.6 Å². The molecule has 20 heavy (non-hydrogen) atoms. The quantitative estimate of drug-likeness (QED) is 0.800. The van der Waals surface area contributed by atoms with Crippen molar-refractivity contribution in [3.63, 3.8) is 0 Å². The first-order valence-corrected chi connectivity index (χ1v) is 7.19. The van der Waals surface area contributed by atoms with Gasteiger partial charge in [-0.05, 0) is 20.2 Å². The third-order valence-corrected chi connectivity index (χ3v) is 3.02. The van der Waals surface area contributed by atoms with E-state index in [9.17, 15) is 0 Å². The van der Waals surface area contributed by atoms with Gasteiger partial charge in [-0.15, -0.1) is 0 Å². The zero-order chi connectivity index (χ0) is 15.1. The number of methoxy groups -OCH3 is 1. The molecule has 0 radical (unpaired) electrons. The maximum Gasteiger partial charge on any atom is 0.165 e. The first kappa shape index (κ1) is 17.1. The molecule has 0 aliphatic rings. The van der Waals surface area contributed by atoms with Gasteiger partial charge in [-0.25, -0.2) is 0 Å². The maximum absolute atomic E-state index is 6.13.